The molecule has 3 nitrogen and oxygen atoms in total. The highest BCUT2D eigenvalue weighted by Crippen LogP contribution is 2.37. The summed E-state index contributed by atoms with van der Waals surface area (Å²) in [5, 5.41) is 10.6. The topological polar surface area (TPSA) is 54.4 Å². The maximum absolute atomic E-state index is 11.8. The molecule has 0 aliphatic rings. The van der Waals surface area contributed by atoms with Crippen LogP contribution in [0, 0.1) is 0 Å². The first kappa shape index (κ1) is 14.8. The number of alkyl halides is 1. The number of sulfone groups is 1. The predicted molar refractivity (Wildman–Crippen MR) is 70.1 cm³/mol. The molecule has 0 aliphatic carbocycles. The van der Waals surface area contributed by atoms with E-state index in [1.807, 2.05) is 0 Å². The zero-order valence-electron chi connectivity index (χ0n) is 9.52. The van der Waals surface area contributed by atoms with E-state index in [0.29, 0.717) is 10.6 Å². The number of halogens is 2. The molecule has 0 aromatic heterocycles. The summed E-state index contributed by atoms with van der Waals surface area (Å²) < 4.78 is 21.8. The van der Waals surface area contributed by atoms with Crippen LogP contribution in [0.2, 0.25) is 5.02 Å². The Balaban J connectivity index is 3.12. The fourth-order valence-corrected chi connectivity index (χ4v) is 3.02. The van der Waals surface area contributed by atoms with E-state index in [-0.39, 0.29) is 5.75 Å². The number of hydrogen-bond donors (Lipinski definition) is 1. The molecule has 0 aliphatic heterocycles. The van der Waals surface area contributed by atoms with E-state index in [4.69, 9.17) is 23.2 Å². The maximum Gasteiger partial charge on any atom is 0.172 e. The second-order valence-electron chi connectivity index (χ2n) is 3.84. The Kier molecular flexibility index (Phi) is 4.47. The zero-order chi connectivity index (χ0) is 13.3. The quantitative estimate of drug-likeness (QED) is 0.869. The molecule has 0 spiro atoms. The zero-order valence-corrected chi connectivity index (χ0v) is 11.9. The molecule has 0 saturated carbocycles. The smallest absolute Gasteiger partial charge is 0.172 e. The van der Waals surface area contributed by atoms with Crippen LogP contribution in [0.1, 0.15) is 25.5 Å². The van der Waals surface area contributed by atoms with Crippen molar-refractivity contribution in [1.82, 2.24) is 0 Å². The van der Waals surface area contributed by atoms with Crippen molar-refractivity contribution < 1.29 is 13.5 Å². The van der Waals surface area contributed by atoms with Crippen LogP contribution in [0.15, 0.2) is 24.3 Å². The van der Waals surface area contributed by atoms with Crippen LogP contribution in [0.4, 0.5) is 0 Å². The van der Waals surface area contributed by atoms with E-state index < -0.39 is 20.1 Å². The number of benzene rings is 1. The van der Waals surface area contributed by atoms with Gasteiger partial charge in [0, 0.05) is 10.8 Å². The maximum atomic E-state index is 11.8. The van der Waals surface area contributed by atoms with E-state index in [0.717, 1.165) is 0 Å². The number of hydrogen-bond acceptors (Lipinski definition) is 3. The third-order valence-corrected chi connectivity index (χ3v) is 6.03. The van der Waals surface area contributed by atoms with Crippen LogP contribution < -0.4 is 0 Å². The summed E-state index contributed by atoms with van der Waals surface area (Å²) in [5.74, 6) is -0.127. The lowest BCUT2D eigenvalue weighted by Crippen LogP contribution is -2.37. The van der Waals surface area contributed by atoms with E-state index in [2.05, 4.69) is 0 Å². The molecule has 1 aromatic rings. The average Bonchev–Trinajstić information content (AvgIpc) is 2.28. The molecule has 96 valence electrons. The normalized spacial score (nSPS) is 17.5. The van der Waals surface area contributed by atoms with Gasteiger partial charge in [-0.05, 0) is 24.6 Å². The molecule has 0 unspecified atom stereocenters. The lowest BCUT2D eigenvalue weighted by atomic mass is 10.1. The summed E-state index contributed by atoms with van der Waals surface area (Å²) >= 11 is 11.7. The Hall–Kier alpha value is -0.290. The van der Waals surface area contributed by atoms with Gasteiger partial charge >= 0.3 is 0 Å². The van der Waals surface area contributed by atoms with Crippen LogP contribution >= 0.6 is 23.2 Å². The minimum atomic E-state index is -3.57. The van der Waals surface area contributed by atoms with Crippen molar-refractivity contribution in [3.05, 3.63) is 34.9 Å². The fourth-order valence-electron chi connectivity index (χ4n) is 1.40. The molecule has 6 heteroatoms. The van der Waals surface area contributed by atoms with Crippen LogP contribution in [0.5, 0.6) is 0 Å². The molecule has 0 saturated heterocycles. The first-order valence-electron chi connectivity index (χ1n) is 5.07. The van der Waals surface area contributed by atoms with E-state index in [9.17, 15) is 13.5 Å². The summed E-state index contributed by atoms with van der Waals surface area (Å²) in [7, 11) is -3.57. The SMILES string of the molecule is CCS(=O)(=O)[C@](C)(Cl)[C@H](O)c1ccc(Cl)cc1. The molecule has 0 fully saturated rings. The minimum absolute atomic E-state index is 0.127. The molecule has 1 N–H and O–H groups in total. The summed E-state index contributed by atoms with van der Waals surface area (Å²) in [6.07, 6.45) is -1.30. The first-order valence-corrected chi connectivity index (χ1v) is 7.48. The largest absolute Gasteiger partial charge is 0.385 e. The number of aliphatic hydroxyl groups excluding tert-OH is 1. The number of aliphatic hydroxyl groups is 1. The van der Waals surface area contributed by atoms with Gasteiger partial charge in [-0.1, -0.05) is 42.3 Å². The predicted octanol–water partition coefficient (Wildman–Crippen LogP) is 2.76. The van der Waals surface area contributed by atoms with Gasteiger partial charge < -0.3 is 5.11 Å². The van der Waals surface area contributed by atoms with E-state index in [1.165, 1.54) is 13.8 Å². The van der Waals surface area contributed by atoms with Gasteiger partial charge in [-0.15, -0.1) is 0 Å². The molecule has 0 heterocycles. The molecular formula is C11H14Cl2O3S. The summed E-state index contributed by atoms with van der Waals surface area (Å²) in [5.41, 5.74) is 0.420. The van der Waals surface area contributed by atoms with Gasteiger partial charge in [0.15, 0.2) is 14.0 Å². The lowest BCUT2D eigenvalue weighted by molar-refractivity contribution is 0.162. The summed E-state index contributed by atoms with van der Waals surface area (Å²) in [6, 6.07) is 6.26. The summed E-state index contributed by atoms with van der Waals surface area (Å²) in [4.78, 5) is 0. The Morgan fingerprint density at radius 3 is 2.24 bits per heavy atom. The van der Waals surface area contributed by atoms with Gasteiger partial charge in [-0.25, -0.2) is 8.42 Å². The molecule has 0 radical (unpaired) electrons. The van der Waals surface area contributed by atoms with Crippen molar-refractivity contribution >= 4 is 33.0 Å². The van der Waals surface area contributed by atoms with Crippen LogP contribution in [-0.2, 0) is 9.84 Å². The van der Waals surface area contributed by atoms with Gasteiger partial charge in [0.2, 0.25) is 0 Å². The molecule has 17 heavy (non-hydrogen) atoms. The Bertz CT molecular complexity index is 480. The van der Waals surface area contributed by atoms with Crippen molar-refractivity contribution in [1.29, 1.82) is 0 Å². The van der Waals surface area contributed by atoms with Crippen molar-refractivity contribution in [3.8, 4) is 0 Å². The van der Waals surface area contributed by atoms with Gasteiger partial charge in [0.05, 0.1) is 0 Å². The fraction of sp³-hybridized carbons (Fsp3) is 0.455. The van der Waals surface area contributed by atoms with Gasteiger partial charge in [0.1, 0.15) is 6.10 Å². The Morgan fingerprint density at radius 1 is 1.35 bits per heavy atom. The highest BCUT2D eigenvalue weighted by atomic mass is 35.5. The van der Waals surface area contributed by atoms with Gasteiger partial charge in [0.25, 0.3) is 0 Å². The van der Waals surface area contributed by atoms with Crippen LogP contribution in [0.3, 0.4) is 0 Å². The average molecular weight is 297 g/mol. The van der Waals surface area contributed by atoms with Crippen molar-refractivity contribution in [2.45, 2.75) is 24.2 Å². The Morgan fingerprint density at radius 2 is 1.82 bits per heavy atom. The molecular weight excluding hydrogens is 283 g/mol. The monoisotopic (exact) mass is 296 g/mol. The molecule has 1 aromatic carbocycles. The second-order valence-corrected chi connectivity index (χ2v) is 7.94. The Labute approximate surface area is 111 Å². The highest BCUT2D eigenvalue weighted by Gasteiger charge is 2.43. The van der Waals surface area contributed by atoms with Crippen molar-refractivity contribution in [2.75, 3.05) is 5.75 Å². The van der Waals surface area contributed by atoms with Gasteiger partial charge in [-0.2, -0.15) is 0 Å². The third kappa shape index (κ3) is 2.94. The molecule has 0 bridgehead atoms. The summed E-state index contributed by atoms with van der Waals surface area (Å²) in [6.45, 7) is 2.79. The second kappa shape index (κ2) is 5.14. The van der Waals surface area contributed by atoms with E-state index in [1.54, 1.807) is 24.3 Å². The lowest BCUT2D eigenvalue weighted by Gasteiger charge is -2.27. The molecule has 2 atom stereocenters. The van der Waals surface area contributed by atoms with Crippen molar-refractivity contribution in [2.24, 2.45) is 0 Å². The first-order chi connectivity index (χ1) is 7.72. The third-order valence-electron chi connectivity index (χ3n) is 2.66. The standard InChI is InChI=1S/C11H14Cl2O3S/c1-3-17(15,16)11(2,13)10(14)8-4-6-9(12)7-5-8/h4-7,10,14H,3H2,1-2H3/t10-,11+/m1/s1. The van der Waals surface area contributed by atoms with E-state index >= 15 is 0 Å². The van der Waals surface area contributed by atoms with Gasteiger partial charge in [-0.3, -0.25) is 0 Å². The highest BCUT2D eigenvalue weighted by molar-refractivity contribution is 7.94. The van der Waals surface area contributed by atoms with Crippen LogP contribution in [0.25, 0.3) is 0 Å². The number of rotatable bonds is 4. The molecule has 1 rings (SSSR count). The minimum Gasteiger partial charge on any atom is -0.385 e. The van der Waals surface area contributed by atoms with Crippen molar-refractivity contribution in [3.63, 3.8) is 0 Å². The molecule has 0 amide bonds. The van der Waals surface area contributed by atoms with Crippen LogP contribution in [-0.4, -0.2) is 23.5 Å².